The lowest BCUT2D eigenvalue weighted by Gasteiger charge is -2.64. The SMILES string of the molecule is C=C1C[C@@]23CC[C@H]4[C@@](C)(CCC[C@@]4(C)C(=O)O[C@@H]4O[C@H](CO)[C@@H](O)[C@H](O)[C@H]4O[C@@H]4O[C@@H](C)[C@H](O)[C@@H](O)[C@H]4O)[C@@H]2CC[C@]1(O[C@@H]1O[C@H](CO)[C@@H](O)[C@H](O[C@@H]2O[C@H](CO)[C@@H](O)[C@H](O)[C@H]2O)[C@H]1C)C3. The van der Waals surface area contributed by atoms with Gasteiger partial charge in [0.05, 0.1) is 43.0 Å². The summed E-state index contributed by atoms with van der Waals surface area (Å²) in [5.41, 5.74) is -1.67. The summed E-state index contributed by atoms with van der Waals surface area (Å²) in [7, 11) is 0. The lowest BCUT2D eigenvalue weighted by molar-refractivity contribution is -0.361. The first-order chi connectivity index (χ1) is 31.1. The van der Waals surface area contributed by atoms with Crippen LogP contribution in [-0.2, 0) is 42.7 Å². The summed E-state index contributed by atoms with van der Waals surface area (Å²) in [6, 6.07) is 0. The Labute approximate surface area is 383 Å². The zero-order chi connectivity index (χ0) is 48.0. The van der Waals surface area contributed by atoms with E-state index in [1.54, 1.807) is 6.92 Å². The maximum absolute atomic E-state index is 14.7. The predicted molar refractivity (Wildman–Crippen MR) is 221 cm³/mol. The van der Waals surface area contributed by atoms with Crippen molar-refractivity contribution in [1.82, 2.24) is 0 Å². The Morgan fingerprint density at radius 3 is 1.82 bits per heavy atom. The van der Waals surface area contributed by atoms with Crippen molar-refractivity contribution in [3.8, 4) is 0 Å². The molecule has 4 heterocycles. The maximum Gasteiger partial charge on any atom is 0.314 e. The molecule has 0 aromatic heterocycles. The number of rotatable bonds is 11. The van der Waals surface area contributed by atoms with Crippen molar-refractivity contribution in [2.45, 2.75) is 208 Å². The van der Waals surface area contributed by atoms with E-state index in [9.17, 15) is 66.1 Å². The molecule has 26 atom stereocenters. The van der Waals surface area contributed by atoms with Crippen molar-refractivity contribution in [1.29, 1.82) is 0 Å². The van der Waals surface area contributed by atoms with E-state index in [0.29, 0.717) is 44.9 Å². The Hall–Kier alpha value is -1.55. The molecule has 0 unspecified atom stereocenters. The third-order valence-corrected chi connectivity index (χ3v) is 17.4. The van der Waals surface area contributed by atoms with Gasteiger partial charge in [-0.1, -0.05) is 26.8 Å². The number of esters is 1. The second-order valence-electron chi connectivity index (χ2n) is 21.2. The summed E-state index contributed by atoms with van der Waals surface area (Å²) >= 11 is 0. The van der Waals surface area contributed by atoms with Gasteiger partial charge in [-0.15, -0.1) is 0 Å². The highest BCUT2D eigenvalue weighted by atomic mass is 16.8. The van der Waals surface area contributed by atoms with E-state index < -0.39 is 159 Å². The van der Waals surface area contributed by atoms with Gasteiger partial charge in [0.1, 0.15) is 73.2 Å². The smallest absolute Gasteiger partial charge is 0.314 e. The molecule has 8 aliphatic rings. The van der Waals surface area contributed by atoms with E-state index in [2.05, 4.69) is 13.5 Å². The molecule has 0 aromatic rings. The average Bonchev–Trinajstić information content (AvgIpc) is 3.48. The first-order valence-corrected chi connectivity index (χ1v) is 23.6. The van der Waals surface area contributed by atoms with Gasteiger partial charge in [0.2, 0.25) is 6.29 Å². The number of hydrogen-bond donors (Lipinski definition) is 12. The summed E-state index contributed by atoms with van der Waals surface area (Å²) in [5, 5.41) is 126. The molecule has 4 saturated heterocycles. The summed E-state index contributed by atoms with van der Waals surface area (Å²) in [4.78, 5) is 14.7. The van der Waals surface area contributed by atoms with Crippen molar-refractivity contribution >= 4 is 5.97 Å². The van der Waals surface area contributed by atoms with Crippen LogP contribution in [0.2, 0.25) is 0 Å². The molecule has 66 heavy (non-hydrogen) atoms. The van der Waals surface area contributed by atoms with Crippen LogP contribution in [0.1, 0.15) is 85.5 Å². The molecule has 4 aliphatic carbocycles. The molecule has 0 aromatic carbocycles. The maximum atomic E-state index is 14.7. The van der Waals surface area contributed by atoms with Crippen LogP contribution in [0, 0.1) is 34.0 Å². The normalized spacial score (nSPS) is 55.2. The fraction of sp³-hybridized carbons (Fsp3) is 0.933. The number of aliphatic hydroxyl groups excluding tert-OH is 12. The minimum atomic E-state index is -1.79. The van der Waals surface area contributed by atoms with Crippen molar-refractivity contribution < 1.29 is 104 Å². The second-order valence-corrected chi connectivity index (χ2v) is 21.2. The van der Waals surface area contributed by atoms with Crippen LogP contribution in [0.25, 0.3) is 0 Å². The van der Waals surface area contributed by atoms with Crippen LogP contribution in [0.3, 0.4) is 0 Å². The first kappa shape index (κ1) is 50.8. The van der Waals surface area contributed by atoms with Gasteiger partial charge in [-0.3, -0.25) is 4.79 Å². The lowest BCUT2D eigenvalue weighted by atomic mass is 9.41. The molecule has 378 valence electrons. The molecule has 8 fully saturated rings. The molecule has 1 spiro atoms. The van der Waals surface area contributed by atoms with Gasteiger partial charge in [-0.25, -0.2) is 0 Å². The molecule has 21 heteroatoms. The molecular formula is C45H72O21. The third-order valence-electron chi connectivity index (χ3n) is 17.4. The van der Waals surface area contributed by atoms with Crippen LogP contribution < -0.4 is 0 Å². The van der Waals surface area contributed by atoms with E-state index in [4.69, 9.17) is 37.9 Å². The van der Waals surface area contributed by atoms with Crippen LogP contribution in [0.5, 0.6) is 0 Å². The highest BCUT2D eigenvalue weighted by molar-refractivity contribution is 5.77. The lowest BCUT2D eigenvalue weighted by Crippen LogP contribution is -2.65. The largest absolute Gasteiger partial charge is 0.432 e. The first-order valence-electron chi connectivity index (χ1n) is 23.6. The zero-order valence-electron chi connectivity index (χ0n) is 37.9. The van der Waals surface area contributed by atoms with E-state index in [-0.39, 0.29) is 22.7 Å². The molecule has 4 saturated carbocycles. The Morgan fingerprint density at radius 2 is 1.17 bits per heavy atom. The summed E-state index contributed by atoms with van der Waals surface area (Å²) in [6.45, 7) is 9.83. The van der Waals surface area contributed by atoms with Crippen molar-refractivity contribution in [3.63, 3.8) is 0 Å². The number of hydrogen-bond acceptors (Lipinski definition) is 21. The van der Waals surface area contributed by atoms with Gasteiger partial charge in [-0.05, 0) is 93.5 Å². The van der Waals surface area contributed by atoms with Crippen molar-refractivity contribution in [3.05, 3.63) is 12.2 Å². The van der Waals surface area contributed by atoms with E-state index in [1.165, 1.54) is 6.92 Å². The van der Waals surface area contributed by atoms with E-state index in [1.807, 2.05) is 6.92 Å². The topological polar surface area (TPSA) is 334 Å². The molecule has 4 aliphatic heterocycles. The molecule has 8 rings (SSSR count). The van der Waals surface area contributed by atoms with E-state index in [0.717, 1.165) is 18.4 Å². The number of carbonyl (C=O) groups is 1. The zero-order valence-corrected chi connectivity index (χ0v) is 37.9. The fourth-order valence-electron chi connectivity index (χ4n) is 13.7. The Bertz CT molecular complexity index is 1740. The number of carbonyl (C=O) groups excluding carboxylic acids is 1. The second kappa shape index (κ2) is 18.9. The van der Waals surface area contributed by atoms with Gasteiger partial charge in [0, 0.05) is 5.92 Å². The highest BCUT2D eigenvalue weighted by Crippen LogP contribution is 2.74. The number of fused-ring (bicyclic) bond motifs is 3. The molecule has 2 bridgehead atoms. The standard InChI is InChI=1S/C45H72O21/c1-18-13-44-11-7-24-42(4,9-6-10-43(24,5)41(58)65-40-36(32(55)28(51)22(15-47)62-40)64-38-33(56)30(53)26(49)20(3)59-38)25(44)8-12-45(18,17-44)66-37-19(2)35(29(52)23(16-48)60-37)63-39-34(57)31(54)27(50)21(14-46)61-39/h19-40,46-57H,1,6-17H2,2-5H3/t19-,20+,21-,22-,23-,24+,25+,26+,27-,28-,29-,30-,31+,32+,33-,34-,35-,36-,37+,38+,39+,40+,42-,43-,44-,45+/m1/s1. The highest BCUT2D eigenvalue weighted by Gasteiger charge is 2.69. The summed E-state index contributed by atoms with van der Waals surface area (Å²) in [6.07, 6.45) is -22.3. The van der Waals surface area contributed by atoms with Crippen LogP contribution in [0.4, 0.5) is 0 Å². The Kier molecular flexibility index (Phi) is 14.5. The molecule has 0 amide bonds. The quantitative estimate of drug-likeness (QED) is 0.0565. The fourth-order valence-corrected chi connectivity index (χ4v) is 13.7. The minimum absolute atomic E-state index is 0.123. The van der Waals surface area contributed by atoms with Crippen molar-refractivity contribution in [2.24, 2.45) is 34.0 Å². The van der Waals surface area contributed by atoms with Crippen LogP contribution in [-0.4, -0.2) is 209 Å². The third kappa shape index (κ3) is 8.31. The number of aliphatic hydroxyl groups is 12. The molecular weight excluding hydrogens is 876 g/mol. The van der Waals surface area contributed by atoms with Gasteiger partial charge in [0.25, 0.3) is 0 Å². The monoisotopic (exact) mass is 948 g/mol. The van der Waals surface area contributed by atoms with Gasteiger partial charge < -0.3 is 99.2 Å². The predicted octanol–water partition coefficient (Wildman–Crippen LogP) is -2.81. The molecule has 21 nitrogen and oxygen atoms in total. The number of ether oxygens (including phenoxy) is 8. The van der Waals surface area contributed by atoms with Crippen molar-refractivity contribution in [2.75, 3.05) is 19.8 Å². The average molecular weight is 949 g/mol. The van der Waals surface area contributed by atoms with E-state index >= 15 is 0 Å². The Balaban J connectivity index is 0.984. The van der Waals surface area contributed by atoms with Gasteiger partial charge in [0.15, 0.2) is 25.0 Å². The van der Waals surface area contributed by atoms with Gasteiger partial charge in [-0.2, -0.15) is 0 Å². The summed E-state index contributed by atoms with van der Waals surface area (Å²) in [5.74, 6) is -1.40. The van der Waals surface area contributed by atoms with Crippen LogP contribution >= 0.6 is 0 Å². The Morgan fingerprint density at radius 1 is 0.621 bits per heavy atom. The molecule has 12 N–H and O–H groups in total. The molecule has 0 radical (unpaired) electrons. The minimum Gasteiger partial charge on any atom is -0.432 e. The van der Waals surface area contributed by atoms with Crippen LogP contribution in [0.15, 0.2) is 12.2 Å². The van der Waals surface area contributed by atoms with Gasteiger partial charge >= 0.3 is 5.97 Å². The summed E-state index contributed by atoms with van der Waals surface area (Å²) < 4.78 is 48.3.